The summed E-state index contributed by atoms with van der Waals surface area (Å²) in [6, 6.07) is 0. The highest BCUT2D eigenvalue weighted by atomic mass is 28.4. The highest BCUT2D eigenvalue weighted by molar-refractivity contribution is 6.72. The van der Waals surface area contributed by atoms with E-state index in [4.69, 9.17) is 4.43 Å². The molecule has 0 saturated heterocycles. The summed E-state index contributed by atoms with van der Waals surface area (Å²) in [6.07, 6.45) is 17.2. The van der Waals surface area contributed by atoms with Gasteiger partial charge in [0.15, 0.2) is 8.32 Å². The fourth-order valence-electron chi connectivity index (χ4n) is 5.88. The Hall–Kier alpha value is -0.0831. The maximum absolute atomic E-state index is 6.91. The first-order chi connectivity index (χ1) is 9.63. The van der Waals surface area contributed by atoms with E-state index >= 15 is 0 Å². The van der Waals surface area contributed by atoms with Crippen LogP contribution in [-0.2, 0) is 4.43 Å². The molecule has 0 aromatic carbocycles. The summed E-state index contributed by atoms with van der Waals surface area (Å²) < 4.78 is 6.91. The second-order valence-corrected chi connectivity index (χ2v) is 12.6. The first kappa shape index (κ1) is 13.6. The third-order valence-electron chi connectivity index (χ3n) is 6.89. The quantitative estimate of drug-likeness (QED) is 0.516. The Bertz CT molecular complexity index is 402. The van der Waals surface area contributed by atoms with Crippen molar-refractivity contribution in [3.8, 4) is 0 Å². The van der Waals surface area contributed by atoms with Gasteiger partial charge in [0.05, 0.1) is 0 Å². The van der Waals surface area contributed by atoms with Crippen LogP contribution in [0, 0.1) is 23.7 Å². The van der Waals surface area contributed by atoms with Gasteiger partial charge in [0.1, 0.15) is 0 Å². The van der Waals surface area contributed by atoms with E-state index in [1.807, 2.05) is 0 Å². The van der Waals surface area contributed by atoms with Crippen LogP contribution in [0.2, 0.25) is 18.6 Å². The van der Waals surface area contributed by atoms with Gasteiger partial charge in [-0.05, 0) is 74.4 Å². The minimum atomic E-state index is -1.52. The van der Waals surface area contributed by atoms with Gasteiger partial charge in [-0.2, -0.15) is 0 Å². The first-order valence-corrected chi connectivity index (χ1v) is 12.0. The molecule has 4 rings (SSSR count). The highest BCUT2D eigenvalue weighted by Crippen LogP contribution is 2.53. The van der Waals surface area contributed by atoms with E-state index in [0.717, 1.165) is 29.2 Å². The number of hydrogen-bond acceptors (Lipinski definition) is 1. The molecule has 0 N–H and O–H groups in total. The topological polar surface area (TPSA) is 9.23 Å². The minimum Gasteiger partial charge on any atom is -0.414 e. The normalized spacial score (nSPS) is 46.9. The smallest absolute Gasteiger partial charge is 0.190 e. The molecule has 0 aliphatic heterocycles. The summed E-state index contributed by atoms with van der Waals surface area (Å²) in [5.41, 5.74) is 0.903. The summed E-state index contributed by atoms with van der Waals surface area (Å²) in [7, 11) is -1.52. The van der Waals surface area contributed by atoms with Crippen LogP contribution in [-0.4, -0.2) is 14.4 Å². The van der Waals surface area contributed by atoms with Crippen LogP contribution in [0.25, 0.3) is 0 Å². The zero-order valence-electron chi connectivity index (χ0n) is 13.2. The van der Waals surface area contributed by atoms with Crippen LogP contribution in [0.5, 0.6) is 0 Å². The molecule has 1 nitrogen and oxygen atoms in total. The van der Waals surface area contributed by atoms with Crippen molar-refractivity contribution in [2.75, 3.05) is 0 Å². The molecule has 0 aromatic heterocycles. The van der Waals surface area contributed by atoms with Crippen molar-refractivity contribution in [1.82, 2.24) is 0 Å². The van der Waals surface area contributed by atoms with Gasteiger partial charge >= 0.3 is 0 Å². The Morgan fingerprint density at radius 1 is 0.950 bits per heavy atom. The van der Waals surface area contributed by atoms with Gasteiger partial charge in [0.2, 0.25) is 0 Å². The second-order valence-electron chi connectivity index (χ2n) is 8.43. The average Bonchev–Trinajstić information content (AvgIpc) is 3.14. The van der Waals surface area contributed by atoms with Crippen LogP contribution in [0.1, 0.15) is 51.4 Å². The van der Waals surface area contributed by atoms with E-state index in [2.05, 4.69) is 25.2 Å². The molecule has 2 heteroatoms. The fraction of sp³-hybridized carbons (Fsp3) is 0.889. The van der Waals surface area contributed by atoms with Crippen molar-refractivity contribution in [2.24, 2.45) is 23.7 Å². The van der Waals surface area contributed by atoms with Crippen LogP contribution in [0.4, 0.5) is 0 Å². The molecule has 6 atom stereocenters. The molecule has 3 saturated carbocycles. The molecule has 0 heterocycles. The van der Waals surface area contributed by atoms with Gasteiger partial charge in [-0.15, -0.1) is 0 Å². The summed E-state index contributed by atoms with van der Waals surface area (Å²) in [6.45, 7) is 5.03. The summed E-state index contributed by atoms with van der Waals surface area (Å²) in [5, 5.41) is 0. The zero-order valence-corrected chi connectivity index (χ0v) is 14.2. The van der Waals surface area contributed by atoms with Crippen molar-refractivity contribution in [3.63, 3.8) is 0 Å². The average molecular weight is 291 g/mol. The lowest BCUT2D eigenvalue weighted by atomic mass is 9.81. The van der Waals surface area contributed by atoms with E-state index in [0.29, 0.717) is 6.10 Å². The lowest BCUT2D eigenvalue weighted by Crippen LogP contribution is -2.43. The standard InChI is InChI=1S/C18H30OSi/c1-20(2,18-12-13-7-8-15(18)11-13)19-17-10-9-14-5-3-4-6-16(14)17/h7-8,13-18H,3-6,9-12H2,1-2H3. The molecule has 6 unspecified atom stereocenters. The Morgan fingerprint density at radius 2 is 1.80 bits per heavy atom. The van der Waals surface area contributed by atoms with Gasteiger partial charge in [0, 0.05) is 6.10 Å². The SMILES string of the molecule is C[Si](C)(OC1CCC2CCCCC21)C1CC2C=CC1C2. The van der Waals surface area contributed by atoms with Gasteiger partial charge < -0.3 is 4.43 Å². The fourth-order valence-corrected chi connectivity index (χ4v) is 9.28. The number of rotatable bonds is 3. The van der Waals surface area contributed by atoms with Crippen LogP contribution < -0.4 is 0 Å². The van der Waals surface area contributed by atoms with Crippen molar-refractivity contribution in [1.29, 1.82) is 0 Å². The maximum Gasteiger partial charge on any atom is 0.190 e. The molecule has 0 amide bonds. The summed E-state index contributed by atoms with van der Waals surface area (Å²) >= 11 is 0. The molecule has 3 fully saturated rings. The van der Waals surface area contributed by atoms with Crippen LogP contribution >= 0.6 is 0 Å². The summed E-state index contributed by atoms with van der Waals surface area (Å²) in [5.74, 6) is 3.69. The van der Waals surface area contributed by atoms with Gasteiger partial charge in [-0.25, -0.2) is 0 Å². The predicted octanol–water partition coefficient (Wildman–Crippen LogP) is 5.14. The third kappa shape index (κ3) is 2.23. The number of allylic oxidation sites excluding steroid dienone is 2. The molecule has 0 radical (unpaired) electrons. The Balaban J connectivity index is 1.44. The van der Waals surface area contributed by atoms with Gasteiger partial charge in [-0.3, -0.25) is 0 Å². The first-order valence-electron chi connectivity index (χ1n) is 8.99. The van der Waals surface area contributed by atoms with E-state index in [-0.39, 0.29) is 0 Å². The van der Waals surface area contributed by atoms with Crippen LogP contribution in [0.3, 0.4) is 0 Å². The number of hydrogen-bond donors (Lipinski definition) is 0. The van der Waals surface area contributed by atoms with E-state index in [1.54, 1.807) is 0 Å². The minimum absolute atomic E-state index is 0.630. The van der Waals surface area contributed by atoms with E-state index < -0.39 is 8.32 Å². The second kappa shape index (κ2) is 4.98. The number of fused-ring (bicyclic) bond motifs is 3. The molecular weight excluding hydrogens is 260 g/mol. The van der Waals surface area contributed by atoms with E-state index in [9.17, 15) is 0 Å². The van der Waals surface area contributed by atoms with Crippen molar-refractivity contribution >= 4 is 8.32 Å². The highest BCUT2D eigenvalue weighted by Gasteiger charge is 2.49. The molecule has 0 spiro atoms. The lowest BCUT2D eigenvalue weighted by molar-refractivity contribution is 0.106. The van der Waals surface area contributed by atoms with Gasteiger partial charge in [0.25, 0.3) is 0 Å². The Labute approximate surface area is 125 Å². The molecule has 0 aromatic rings. The third-order valence-corrected chi connectivity index (χ3v) is 10.3. The largest absolute Gasteiger partial charge is 0.414 e. The zero-order chi connectivity index (χ0) is 13.7. The van der Waals surface area contributed by atoms with Crippen LogP contribution in [0.15, 0.2) is 12.2 Å². The predicted molar refractivity (Wildman–Crippen MR) is 86.1 cm³/mol. The van der Waals surface area contributed by atoms with Crippen molar-refractivity contribution < 1.29 is 4.43 Å². The molecule has 4 aliphatic carbocycles. The van der Waals surface area contributed by atoms with Crippen molar-refractivity contribution in [3.05, 3.63) is 12.2 Å². The molecule has 112 valence electrons. The van der Waals surface area contributed by atoms with E-state index in [1.165, 1.54) is 51.4 Å². The maximum atomic E-state index is 6.91. The lowest BCUT2D eigenvalue weighted by Gasteiger charge is -2.39. The molecule has 4 aliphatic rings. The molecule has 2 bridgehead atoms. The Kier molecular flexibility index (Phi) is 3.38. The van der Waals surface area contributed by atoms with Gasteiger partial charge in [-0.1, -0.05) is 31.4 Å². The molecular formula is C18H30OSi. The Morgan fingerprint density at radius 3 is 2.55 bits per heavy atom. The van der Waals surface area contributed by atoms with Crippen molar-refractivity contribution in [2.45, 2.75) is 76.1 Å². The summed E-state index contributed by atoms with van der Waals surface area (Å²) in [4.78, 5) is 0. The molecule has 20 heavy (non-hydrogen) atoms. The monoisotopic (exact) mass is 290 g/mol.